The second-order valence-electron chi connectivity index (χ2n) is 8.50. The molecule has 3 rings (SSSR count). The van der Waals surface area contributed by atoms with Gasteiger partial charge in [0.05, 0.1) is 31.8 Å². The number of para-hydroxylation sites is 1. The van der Waals surface area contributed by atoms with E-state index in [0.717, 1.165) is 18.5 Å². The topological polar surface area (TPSA) is 90.9 Å². The summed E-state index contributed by atoms with van der Waals surface area (Å²) in [4.78, 5) is 39.4. The molecule has 0 bridgehead atoms. The number of methoxy groups -OCH3 is 1. The fraction of sp³-hybridized carbons (Fsp3) is 0.500. The van der Waals surface area contributed by atoms with Crippen LogP contribution in [0, 0.1) is 11.8 Å². The van der Waals surface area contributed by atoms with Crippen LogP contribution < -0.4 is 10.1 Å². The summed E-state index contributed by atoms with van der Waals surface area (Å²) < 4.78 is 16.4. The lowest BCUT2D eigenvalue weighted by molar-refractivity contribution is -0.151. The first-order valence-electron chi connectivity index (χ1n) is 11.6. The highest BCUT2D eigenvalue weighted by Crippen LogP contribution is 2.47. The zero-order chi connectivity index (χ0) is 24.1. The number of allylic oxidation sites excluding steroid dienone is 3. The molecule has 0 saturated carbocycles. The minimum absolute atomic E-state index is 0.207. The predicted octanol–water partition coefficient (Wildman–Crippen LogP) is 4.04. The van der Waals surface area contributed by atoms with Crippen molar-refractivity contribution in [1.29, 1.82) is 0 Å². The van der Waals surface area contributed by atoms with Crippen LogP contribution in [0.25, 0.3) is 0 Å². The number of carbonyl (C=O) groups is 3. The van der Waals surface area contributed by atoms with Crippen molar-refractivity contribution in [1.82, 2.24) is 5.32 Å². The van der Waals surface area contributed by atoms with Crippen molar-refractivity contribution in [2.24, 2.45) is 11.8 Å². The van der Waals surface area contributed by atoms with Gasteiger partial charge in [-0.2, -0.15) is 0 Å². The Hall–Kier alpha value is -3.09. The maximum absolute atomic E-state index is 13.7. The van der Waals surface area contributed by atoms with Gasteiger partial charge in [-0.1, -0.05) is 38.5 Å². The molecule has 1 N–H and O–H groups in total. The number of ketones is 1. The standard InChI is InChI=1S/C26H33NO6/c1-6-8-13-33-19-12-10-9-11-17(19)22-21(26(30)32-7-2)16(4)27-18-14-15(3)20(25(29)31-5)24(28)23(18)22/h9-12,15,20,22,27H,6-8,13-14H2,1-5H3/t15-,20-,22-/m0/s1. The molecule has 178 valence electrons. The van der Waals surface area contributed by atoms with E-state index in [1.165, 1.54) is 7.11 Å². The molecule has 1 aliphatic heterocycles. The molecule has 33 heavy (non-hydrogen) atoms. The van der Waals surface area contributed by atoms with Crippen molar-refractivity contribution in [3.05, 3.63) is 52.4 Å². The Bertz CT molecular complexity index is 992. The van der Waals surface area contributed by atoms with Gasteiger partial charge in [-0.25, -0.2) is 4.79 Å². The number of nitrogens with one attached hydrogen (secondary N) is 1. The van der Waals surface area contributed by atoms with E-state index in [-0.39, 0.29) is 18.3 Å². The summed E-state index contributed by atoms with van der Waals surface area (Å²) in [5, 5.41) is 3.26. The lowest BCUT2D eigenvalue weighted by Crippen LogP contribution is -2.43. The second-order valence-corrected chi connectivity index (χ2v) is 8.50. The summed E-state index contributed by atoms with van der Waals surface area (Å²) in [6.07, 6.45) is 2.35. The number of Topliss-reactive ketones (excluding diaryl/α,β-unsaturated/α-hetero) is 1. The van der Waals surface area contributed by atoms with Crippen LogP contribution in [0.3, 0.4) is 0 Å². The number of rotatable bonds is 8. The quantitative estimate of drug-likeness (QED) is 0.359. The molecule has 7 nitrogen and oxygen atoms in total. The van der Waals surface area contributed by atoms with E-state index < -0.39 is 23.8 Å². The largest absolute Gasteiger partial charge is 0.493 e. The van der Waals surface area contributed by atoms with Crippen molar-refractivity contribution in [3.8, 4) is 5.75 Å². The average Bonchev–Trinajstić information content (AvgIpc) is 2.78. The first-order valence-corrected chi connectivity index (χ1v) is 11.6. The summed E-state index contributed by atoms with van der Waals surface area (Å²) in [6.45, 7) is 8.23. The highest BCUT2D eigenvalue weighted by Gasteiger charge is 2.47. The Morgan fingerprint density at radius 2 is 1.91 bits per heavy atom. The maximum Gasteiger partial charge on any atom is 0.336 e. The number of unbranched alkanes of at least 4 members (excludes halogenated alkanes) is 1. The molecule has 7 heteroatoms. The van der Waals surface area contributed by atoms with Crippen molar-refractivity contribution in [3.63, 3.8) is 0 Å². The number of esters is 2. The smallest absolute Gasteiger partial charge is 0.336 e. The fourth-order valence-electron chi connectivity index (χ4n) is 4.65. The molecular formula is C26H33NO6. The van der Waals surface area contributed by atoms with Crippen LogP contribution in [0.4, 0.5) is 0 Å². The van der Waals surface area contributed by atoms with Gasteiger partial charge in [0.15, 0.2) is 5.78 Å². The van der Waals surface area contributed by atoms with Crippen molar-refractivity contribution in [2.45, 2.75) is 52.9 Å². The van der Waals surface area contributed by atoms with E-state index >= 15 is 0 Å². The van der Waals surface area contributed by atoms with Gasteiger partial charge in [-0.15, -0.1) is 0 Å². The predicted molar refractivity (Wildman–Crippen MR) is 123 cm³/mol. The first kappa shape index (κ1) is 24.6. The number of ether oxygens (including phenoxy) is 3. The molecule has 1 aliphatic carbocycles. The van der Waals surface area contributed by atoms with Gasteiger partial charge in [0, 0.05) is 22.5 Å². The van der Waals surface area contributed by atoms with E-state index in [2.05, 4.69) is 12.2 Å². The van der Waals surface area contributed by atoms with Crippen LogP contribution in [0.5, 0.6) is 5.75 Å². The van der Waals surface area contributed by atoms with Gasteiger partial charge in [-0.05, 0) is 38.7 Å². The normalized spacial score (nSPS) is 22.5. The number of hydrogen-bond acceptors (Lipinski definition) is 7. The third kappa shape index (κ3) is 4.82. The minimum Gasteiger partial charge on any atom is -0.493 e. The van der Waals surface area contributed by atoms with Gasteiger partial charge in [0.25, 0.3) is 0 Å². The minimum atomic E-state index is -0.923. The van der Waals surface area contributed by atoms with Crippen molar-refractivity contribution < 1.29 is 28.6 Å². The van der Waals surface area contributed by atoms with Crippen molar-refractivity contribution in [2.75, 3.05) is 20.3 Å². The van der Waals surface area contributed by atoms with Gasteiger partial charge in [-0.3, -0.25) is 9.59 Å². The molecule has 0 radical (unpaired) electrons. The van der Waals surface area contributed by atoms with E-state index in [4.69, 9.17) is 14.2 Å². The Morgan fingerprint density at radius 1 is 1.18 bits per heavy atom. The summed E-state index contributed by atoms with van der Waals surface area (Å²) in [5.74, 6) is -2.63. The molecule has 0 saturated heterocycles. The zero-order valence-corrected chi connectivity index (χ0v) is 20.0. The molecule has 0 amide bonds. The summed E-state index contributed by atoms with van der Waals surface area (Å²) >= 11 is 0. The molecule has 2 aliphatic rings. The van der Waals surface area contributed by atoms with Gasteiger partial charge in [0.2, 0.25) is 0 Å². The third-order valence-corrected chi connectivity index (χ3v) is 6.22. The Morgan fingerprint density at radius 3 is 2.58 bits per heavy atom. The molecule has 0 aromatic heterocycles. The number of dihydropyridines is 1. The Labute approximate surface area is 195 Å². The molecule has 1 aromatic carbocycles. The third-order valence-electron chi connectivity index (χ3n) is 6.22. The Balaban J connectivity index is 2.18. The van der Waals surface area contributed by atoms with Crippen LogP contribution in [-0.4, -0.2) is 38.0 Å². The molecule has 1 heterocycles. The highest BCUT2D eigenvalue weighted by molar-refractivity contribution is 6.12. The molecule has 0 fully saturated rings. The van der Waals surface area contributed by atoms with E-state index in [9.17, 15) is 14.4 Å². The van der Waals surface area contributed by atoms with Crippen molar-refractivity contribution >= 4 is 17.7 Å². The first-order chi connectivity index (χ1) is 15.8. The average molecular weight is 456 g/mol. The van der Waals surface area contributed by atoms with E-state index in [1.54, 1.807) is 6.92 Å². The number of hydrogen-bond donors (Lipinski definition) is 1. The van der Waals surface area contributed by atoms with E-state index in [1.807, 2.05) is 38.1 Å². The summed E-state index contributed by atoms with van der Waals surface area (Å²) in [6, 6.07) is 7.44. The monoisotopic (exact) mass is 455 g/mol. The van der Waals surface area contributed by atoms with Gasteiger partial charge in [0.1, 0.15) is 11.7 Å². The highest BCUT2D eigenvalue weighted by atomic mass is 16.5. The molecule has 0 spiro atoms. The van der Waals surface area contributed by atoms with Crippen LogP contribution in [0.15, 0.2) is 46.8 Å². The molecule has 1 aromatic rings. The van der Waals surface area contributed by atoms with Crippen LogP contribution in [0.1, 0.15) is 58.4 Å². The van der Waals surface area contributed by atoms with Crippen LogP contribution in [-0.2, 0) is 23.9 Å². The molecule has 3 atom stereocenters. The van der Waals surface area contributed by atoms with Crippen LogP contribution in [0.2, 0.25) is 0 Å². The lowest BCUT2D eigenvalue weighted by atomic mass is 9.69. The Kier molecular flexibility index (Phi) is 7.95. The summed E-state index contributed by atoms with van der Waals surface area (Å²) in [5.41, 5.74) is 2.83. The molecular weight excluding hydrogens is 422 g/mol. The SMILES string of the molecule is CCCCOc1ccccc1[C@H]1C(C(=O)OCC)=C(C)NC2=C1C(=O)[C@@H](C(=O)OC)[C@@H](C)C2. The lowest BCUT2D eigenvalue weighted by Gasteiger charge is -2.38. The van der Waals surface area contributed by atoms with Crippen LogP contribution >= 0.6 is 0 Å². The summed E-state index contributed by atoms with van der Waals surface area (Å²) in [7, 11) is 1.29. The number of carbonyl (C=O) groups excluding carboxylic acids is 3. The fourth-order valence-corrected chi connectivity index (χ4v) is 4.65. The zero-order valence-electron chi connectivity index (χ0n) is 20.0. The maximum atomic E-state index is 13.7. The second kappa shape index (κ2) is 10.7. The number of benzene rings is 1. The van der Waals surface area contributed by atoms with Gasteiger partial charge >= 0.3 is 11.9 Å². The van der Waals surface area contributed by atoms with Gasteiger partial charge < -0.3 is 19.5 Å². The van der Waals surface area contributed by atoms with E-state index in [0.29, 0.717) is 41.2 Å². The molecule has 0 unspecified atom stereocenters.